The highest BCUT2D eigenvalue weighted by molar-refractivity contribution is 5.09. The number of morpholine rings is 1. The molecule has 2 heterocycles. The molecule has 1 aliphatic heterocycles. The van der Waals surface area contributed by atoms with E-state index in [1.165, 1.54) is 6.07 Å². The van der Waals surface area contributed by atoms with Crippen molar-refractivity contribution in [3.05, 3.63) is 29.8 Å². The number of aromatic nitrogens is 1. The molecule has 4 nitrogen and oxygen atoms in total. The van der Waals surface area contributed by atoms with E-state index >= 15 is 0 Å². The molecule has 1 aromatic rings. The maximum absolute atomic E-state index is 12.8. The van der Waals surface area contributed by atoms with Crippen LogP contribution in [0.3, 0.4) is 0 Å². The summed E-state index contributed by atoms with van der Waals surface area (Å²) in [5.41, 5.74) is 0.378. The minimum atomic E-state index is -0.679. The van der Waals surface area contributed by atoms with E-state index in [4.69, 9.17) is 4.74 Å². The molecule has 1 saturated heterocycles. The fourth-order valence-electron chi connectivity index (χ4n) is 2.63. The van der Waals surface area contributed by atoms with Crippen molar-refractivity contribution in [2.75, 3.05) is 26.2 Å². The predicted octanol–water partition coefficient (Wildman–Crippen LogP) is 2.00. The zero-order valence-corrected chi connectivity index (χ0v) is 12.3. The quantitative estimate of drug-likeness (QED) is 0.917. The number of ether oxygens (including phenoxy) is 1. The molecule has 1 fully saturated rings. The van der Waals surface area contributed by atoms with Crippen LogP contribution in [0.2, 0.25) is 0 Å². The molecule has 20 heavy (non-hydrogen) atoms. The summed E-state index contributed by atoms with van der Waals surface area (Å²) in [7, 11) is 0. The molecule has 5 heteroatoms. The summed E-state index contributed by atoms with van der Waals surface area (Å²) in [6, 6.07) is 2.87. The van der Waals surface area contributed by atoms with Crippen molar-refractivity contribution in [3.63, 3.8) is 0 Å². The Morgan fingerprint density at radius 1 is 1.50 bits per heavy atom. The molecule has 1 aromatic heterocycles. The van der Waals surface area contributed by atoms with E-state index in [1.54, 1.807) is 6.07 Å². The van der Waals surface area contributed by atoms with Crippen LogP contribution in [0.5, 0.6) is 0 Å². The molecule has 1 aliphatic rings. The van der Waals surface area contributed by atoms with E-state index in [0.717, 1.165) is 25.8 Å². The Balaban J connectivity index is 1.93. The highest BCUT2D eigenvalue weighted by Crippen LogP contribution is 2.23. The first kappa shape index (κ1) is 15.4. The van der Waals surface area contributed by atoms with Gasteiger partial charge in [-0.15, -0.1) is 0 Å². The predicted molar refractivity (Wildman–Crippen MR) is 74.8 cm³/mol. The fourth-order valence-corrected chi connectivity index (χ4v) is 2.63. The third kappa shape index (κ3) is 3.98. The number of hydrogen-bond donors (Lipinski definition) is 1. The average Bonchev–Trinajstić information content (AvgIpc) is 2.37. The molecule has 0 saturated carbocycles. The number of aliphatic hydroxyl groups is 1. The van der Waals surface area contributed by atoms with Crippen molar-refractivity contribution in [2.45, 2.75) is 32.5 Å². The zero-order valence-electron chi connectivity index (χ0n) is 12.3. The summed E-state index contributed by atoms with van der Waals surface area (Å²) >= 11 is 0. The minimum Gasteiger partial charge on any atom is -0.386 e. The van der Waals surface area contributed by atoms with Gasteiger partial charge in [-0.1, -0.05) is 6.92 Å². The van der Waals surface area contributed by atoms with Crippen molar-refractivity contribution >= 4 is 0 Å². The molecule has 0 spiro atoms. The Labute approximate surface area is 119 Å². The Hall–Kier alpha value is -1.04. The lowest BCUT2D eigenvalue weighted by Gasteiger charge is -2.39. The van der Waals surface area contributed by atoms with E-state index in [-0.39, 0.29) is 17.3 Å². The van der Waals surface area contributed by atoms with Gasteiger partial charge in [0, 0.05) is 25.6 Å². The summed E-state index contributed by atoms with van der Waals surface area (Å²) in [5.74, 6) is -0.356. The van der Waals surface area contributed by atoms with Crippen LogP contribution in [0.4, 0.5) is 4.39 Å². The smallest absolute Gasteiger partial charge is 0.141 e. The molecule has 0 amide bonds. The van der Waals surface area contributed by atoms with Gasteiger partial charge in [0.25, 0.3) is 0 Å². The van der Waals surface area contributed by atoms with E-state index in [2.05, 4.69) is 23.7 Å². The summed E-state index contributed by atoms with van der Waals surface area (Å²) < 4.78 is 18.5. The van der Waals surface area contributed by atoms with Crippen LogP contribution >= 0.6 is 0 Å². The molecule has 112 valence electrons. The summed E-state index contributed by atoms with van der Waals surface area (Å²) in [6.07, 6.45) is 0.463. The molecule has 0 bridgehead atoms. The normalized spacial score (nSPS) is 22.4. The number of nitrogens with zero attached hydrogens (tertiary/aromatic N) is 2. The second-order valence-electron chi connectivity index (χ2n) is 6.17. The van der Waals surface area contributed by atoms with Gasteiger partial charge in [-0.2, -0.15) is 0 Å². The number of pyridine rings is 1. The highest BCUT2D eigenvalue weighted by Gasteiger charge is 2.29. The molecular formula is C15H23FN2O2. The Kier molecular flexibility index (Phi) is 4.73. The van der Waals surface area contributed by atoms with Gasteiger partial charge in [-0.25, -0.2) is 4.39 Å². The van der Waals surface area contributed by atoms with Crippen LogP contribution in [0.1, 0.15) is 32.6 Å². The second kappa shape index (κ2) is 6.16. The van der Waals surface area contributed by atoms with Gasteiger partial charge < -0.3 is 9.84 Å². The molecule has 0 aromatic carbocycles. The first-order chi connectivity index (χ1) is 9.37. The SMILES string of the molecule is CC(CN1CCOC(C)(C)C1)C(O)c1ccc(F)cn1. The molecular weight excluding hydrogens is 259 g/mol. The van der Waals surface area contributed by atoms with E-state index in [9.17, 15) is 9.50 Å². The van der Waals surface area contributed by atoms with Gasteiger partial charge >= 0.3 is 0 Å². The topological polar surface area (TPSA) is 45.6 Å². The maximum atomic E-state index is 12.8. The van der Waals surface area contributed by atoms with Crippen LogP contribution in [0.15, 0.2) is 18.3 Å². The lowest BCUT2D eigenvalue weighted by Crippen LogP contribution is -2.49. The Bertz CT molecular complexity index is 436. The first-order valence-corrected chi connectivity index (χ1v) is 7.03. The summed E-state index contributed by atoms with van der Waals surface area (Å²) in [5, 5.41) is 10.3. The van der Waals surface area contributed by atoms with Gasteiger partial charge in [0.1, 0.15) is 5.82 Å². The Morgan fingerprint density at radius 2 is 2.25 bits per heavy atom. The lowest BCUT2D eigenvalue weighted by atomic mass is 9.99. The van der Waals surface area contributed by atoms with E-state index in [0.29, 0.717) is 12.3 Å². The van der Waals surface area contributed by atoms with Crippen molar-refractivity contribution in [1.29, 1.82) is 0 Å². The Morgan fingerprint density at radius 3 is 2.85 bits per heavy atom. The number of rotatable bonds is 4. The van der Waals surface area contributed by atoms with Gasteiger partial charge in [0.2, 0.25) is 0 Å². The summed E-state index contributed by atoms with van der Waals surface area (Å²) in [4.78, 5) is 6.25. The standard InChI is InChI=1S/C15H23FN2O2/c1-11(9-18-6-7-20-15(2,3)10-18)14(19)13-5-4-12(16)8-17-13/h4-5,8,11,14,19H,6-7,9-10H2,1-3H3. The maximum Gasteiger partial charge on any atom is 0.141 e. The monoisotopic (exact) mass is 282 g/mol. The van der Waals surface area contributed by atoms with Crippen molar-refractivity contribution < 1.29 is 14.2 Å². The minimum absolute atomic E-state index is 0.0295. The number of hydrogen-bond acceptors (Lipinski definition) is 4. The van der Waals surface area contributed by atoms with Crippen molar-refractivity contribution in [1.82, 2.24) is 9.88 Å². The van der Waals surface area contributed by atoms with Crippen LogP contribution < -0.4 is 0 Å². The van der Waals surface area contributed by atoms with Crippen LogP contribution in [-0.4, -0.2) is 46.8 Å². The lowest BCUT2D eigenvalue weighted by molar-refractivity contribution is -0.0922. The van der Waals surface area contributed by atoms with Gasteiger partial charge in [-0.3, -0.25) is 9.88 Å². The first-order valence-electron chi connectivity index (χ1n) is 7.03. The molecule has 0 aliphatic carbocycles. The fraction of sp³-hybridized carbons (Fsp3) is 0.667. The largest absolute Gasteiger partial charge is 0.386 e. The van der Waals surface area contributed by atoms with Gasteiger partial charge in [0.15, 0.2) is 0 Å². The molecule has 2 rings (SSSR count). The molecule has 1 N–H and O–H groups in total. The zero-order chi connectivity index (χ0) is 14.8. The van der Waals surface area contributed by atoms with Gasteiger partial charge in [-0.05, 0) is 26.0 Å². The van der Waals surface area contributed by atoms with Gasteiger partial charge in [0.05, 0.1) is 30.2 Å². The van der Waals surface area contributed by atoms with E-state index < -0.39 is 6.10 Å². The average molecular weight is 282 g/mol. The third-order valence-electron chi connectivity index (χ3n) is 3.64. The highest BCUT2D eigenvalue weighted by atomic mass is 19.1. The number of halogens is 1. The second-order valence-corrected chi connectivity index (χ2v) is 6.17. The third-order valence-corrected chi connectivity index (χ3v) is 3.64. The van der Waals surface area contributed by atoms with E-state index in [1.807, 2.05) is 6.92 Å². The van der Waals surface area contributed by atoms with Crippen LogP contribution in [0, 0.1) is 11.7 Å². The van der Waals surface area contributed by atoms with Crippen molar-refractivity contribution in [3.8, 4) is 0 Å². The molecule has 2 atom stereocenters. The number of aliphatic hydroxyl groups excluding tert-OH is 1. The van der Waals surface area contributed by atoms with Crippen LogP contribution in [0.25, 0.3) is 0 Å². The molecule has 0 radical (unpaired) electrons. The molecule has 2 unspecified atom stereocenters. The summed E-state index contributed by atoms with van der Waals surface area (Å²) in [6.45, 7) is 9.33. The van der Waals surface area contributed by atoms with Crippen molar-refractivity contribution in [2.24, 2.45) is 5.92 Å². The van der Waals surface area contributed by atoms with Crippen LogP contribution in [-0.2, 0) is 4.74 Å².